The van der Waals surface area contributed by atoms with Crippen molar-refractivity contribution >= 4 is 5.97 Å². The van der Waals surface area contributed by atoms with E-state index in [1.54, 1.807) is 12.5 Å². The van der Waals surface area contributed by atoms with Crippen LogP contribution in [0.5, 0.6) is 0 Å². The fraction of sp³-hybridized carbons (Fsp3) is 0.450. The third-order valence-corrected chi connectivity index (χ3v) is 5.94. The maximum atomic E-state index is 12.5. The number of fused-ring (bicyclic) bond motifs is 2. The van der Waals surface area contributed by atoms with E-state index in [4.69, 9.17) is 9.15 Å². The topological polar surface area (TPSA) is 42.7 Å². The molecule has 4 heteroatoms. The molecule has 0 spiro atoms. The number of methoxy groups -OCH3 is 1. The molecule has 0 N–H and O–H groups in total. The van der Waals surface area contributed by atoms with Crippen LogP contribution in [0.1, 0.15) is 30.7 Å². The molecule has 2 aliphatic heterocycles. The summed E-state index contributed by atoms with van der Waals surface area (Å²) in [6, 6.07) is 11.4. The summed E-state index contributed by atoms with van der Waals surface area (Å²) in [5.74, 6) is 0.0965. The van der Waals surface area contributed by atoms with E-state index in [0.717, 1.165) is 24.0 Å². The molecule has 2 aromatic rings. The lowest BCUT2D eigenvalue weighted by atomic mass is 9.76. The lowest BCUT2D eigenvalue weighted by Crippen LogP contribution is -2.49. The Labute approximate surface area is 142 Å². The fourth-order valence-corrected chi connectivity index (χ4v) is 4.62. The van der Waals surface area contributed by atoms with E-state index in [2.05, 4.69) is 36.2 Å². The molecule has 2 aliphatic rings. The number of benzene rings is 1. The van der Waals surface area contributed by atoms with E-state index in [9.17, 15) is 4.79 Å². The van der Waals surface area contributed by atoms with Crippen LogP contribution < -0.4 is 0 Å². The quantitative estimate of drug-likeness (QED) is 0.808. The van der Waals surface area contributed by atoms with Gasteiger partial charge in [0.2, 0.25) is 0 Å². The first-order valence-electron chi connectivity index (χ1n) is 8.61. The SMILES string of the molecule is CN1[C@H]2CC[C@@H]1[C@@H](C(=O)O[11CH3])[C@@H](c1ccc(-c3ccoc3)cc1)C2. The summed E-state index contributed by atoms with van der Waals surface area (Å²) >= 11 is 0. The van der Waals surface area contributed by atoms with Crippen LogP contribution in [0.3, 0.4) is 0 Å². The Bertz CT molecular complexity index is 707. The van der Waals surface area contributed by atoms with Gasteiger partial charge in [0.25, 0.3) is 0 Å². The average molecular weight is 324 g/mol. The highest BCUT2D eigenvalue weighted by atomic mass is 16.5. The van der Waals surface area contributed by atoms with Crippen LogP contribution in [-0.2, 0) is 9.53 Å². The average Bonchev–Trinajstić information content (AvgIpc) is 3.21. The molecule has 2 saturated heterocycles. The van der Waals surface area contributed by atoms with Crippen LogP contribution in [-0.4, -0.2) is 37.1 Å². The second kappa shape index (κ2) is 6.10. The molecule has 0 radical (unpaired) electrons. The third-order valence-electron chi connectivity index (χ3n) is 5.94. The first kappa shape index (κ1) is 15.5. The van der Waals surface area contributed by atoms with Gasteiger partial charge in [0.05, 0.1) is 25.6 Å². The van der Waals surface area contributed by atoms with Crippen LogP contribution in [0.4, 0.5) is 0 Å². The third kappa shape index (κ3) is 2.46. The van der Waals surface area contributed by atoms with Crippen molar-refractivity contribution in [3.63, 3.8) is 0 Å². The van der Waals surface area contributed by atoms with E-state index in [1.165, 1.54) is 19.1 Å². The van der Waals surface area contributed by atoms with Gasteiger partial charge in [-0.15, -0.1) is 0 Å². The predicted molar refractivity (Wildman–Crippen MR) is 91.6 cm³/mol. The van der Waals surface area contributed by atoms with Gasteiger partial charge in [-0.05, 0) is 43.5 Å². The van der Waals surface area contributed by atoms with Crippen molar-refractivity contribution in [3.05, 3.63) is 48.4 Å². The van der Waals surface area contributed by atoms with Gasteiger partial charge in [-0.3, -0.25) is 9.69 Å². The highest BCUT2D eigenvalue weighted by molar-refractivity contribution is 5.75. The summed E-state index contributed by atoms with van der Waals surface area (Å²) in [5.41, 5.74) is 3.45. The molecule has 4 nitrogen and oxygen atoms in total. The summed E-state index contributed by atoms with van der Waals surface area (Å²) in [5, 5.41) is 0. The van der Waals surface area contributed by atoms with Crippen molar-refractivity contribution in [2.75, 3.05) is 14.2 Å². The number of carbonyl (C=O) groups excluding carboxylic acids is 1. The molecule has 1 aromatic heterocycles. The molecular weight excluding hydrogens is 301 g/mol. The van der Waals surface area contributed by atoms with Gasteiger partial charge in [0.1, 0.15) is 0 Å². The number of nitrogens with zero attached hydrogens (tertiary/aromatic N) is 1. The van der Waals surface area contributed by atoms with Crippen molar-refractivity contribution < 1.29 is 13.9 Å². The van der Waals surface area contributed by atoms with Crippen molar-refractivity contribution in [1.82, 2.24) is 4.90 Å². The van der Waals surface area contributed by atoms with E-state index in [1.807, 2.05) is 6.07 Å². The smallest absolute Gasteiger partial charge is 0.310 e. The number of ether oxygens (including phenoxy) is 1. The normalized spacial score (nSPS) is 29.6. The molecule has 2 bridgehead atoms. The van der Waals surface area contributed by atoms with Gasteiger partial charge in [0, 0.05) is 23.6 Å². The van der Waals surface area contributed by atoms with Gasteiger partial charge >= 0.3 is 5.97 Å². The zero-order valence-corrected chi connectivity index (χ0v) is 14.1. The van der Waals surface area contributed by atoms with Crippen LogP contribution >= 0.6 is 0 Å². The van der Waals surface area contributed by atoms with E-state index in [0.29, 0.717) is 12.1 Å². The Hall–Kier alpha value is -2.07. The number of rotatable bonds is 3. The Kier molecular flexibility index (Phi) is 3.93. The molecule has 24 heavy (non-hydrogen) atoms. The molecule has 0 aliphatic carbocycles. The van der Waals surface area contributed by atoms with Crippen molar-refractivity contribution in [1.29, 1.82) is 0 Å². The number of furan rings is 1. The second-order valence-corrected chi connectivity index (χ2v) is 6.99. The van der Waals surface area contributed by atoms with Crippen LogP contribution in [0.25, 0.3) is 11.1 Å². The van der Waals surface area contributed by atoms with E-state index >= 15 is 0 Å². The summed E-state index contributed by atoms with van der Waals surface area (Å²) in [6.45, 7) is 0. The maximum Gasteiger partial charge on any atom is 0.310 e. The minimum absolute atomic E-state index is 0.0708. The Morgan fingerprint density at radius 1 is 1.17 bits per heavy atom. The van der Waals surface area contributed by atoms with E-state index in [-0.39, 0.29) is 17.8 Å². The van der Waals surface area contributed by atoms with Crippen molar-refractivity contribution in [2.24, 2.45) is 5.92 Å². The minimum atomic E-state index is -0.0730. The highest BCUT2D eigenvalue weighted by Crippen LogP contribution is 2.46. The summed E-state index contributed by atoms with van der Waals surface area (Å²) in [4.78, 5) is 14.9. The van der Waals surface area contributed by atoms with Gasteiger partial charge in [-0.25, -0.2) is 0 Å². The van der Waals surface area contributed by atoms with Gasteiger partial charge in [0.15, 0.2) is 0 Å². The number of piperidine rings is 1. The first-order valence-corrected chi connectivity index (χ1v) is 8.61. The molecule has 0 unspecified atom stereocenters. The van der Waals surface area contributed by atoms with Crippen LogP contribution in [0.2, 0.25) is 0 Å². The summed E-state index contributed by atoms with van der Waals surface area (Å²) in [6.07, 6.45) is 6.73. The van der Waals surface area contributed by atoms with Gasteiger partial charge in [-0.1, -0.05) is 24.3 Å². The van der Waals surface area contributed by atoms with E-state index < -0.39 is 0 Å². The molecule has 2 fully saturated rings. The Morgan fingerprint density at radius 3 is 2.62 bits per heavy atom. The highest BCUT2D eigenvalue weighted by Gasteiger charge is 2.49. The summed E-state index contributed by atoms with van der Waals surface area (Å²) in [7, 11) is 3.65. The molecule has 4 atom stereocenters. The lowest BCUT2D eigenvalue weighted by Gasteiger charge is -2.41. The number of hydrogen-bond donors (Lipinski definition) is 0. The van der Waals surface area contributed by atoms with Gasteiger partial charge < -0.3 is 9.15 Å². The molecule has 3 heterocycles. The fourth-order valence-electron chi connectivity index (χ4n) is 4.62. The minimum Gasteiger partial charge on any atom is -0.472 e. The van der Waals surface area contributed by atoms with Crippen molar-refractivity contribution in [2.45, 2.75) is 37.3 Å². The molecule has 0 amide bonds. The Balaban J connectivity index is 1.65. The number of carbonyl (C=O) groups is 1. The number of esters is 1. The predicted octanol–water partition coefficient (Wildman–Crippen LogP) is 3.69. The molecule has 1 aromatic carbocycles. The van der Waals surface area contributed by atoms with Crippen LogP contribution in [0, 0.1) is 5.92 Å². The zero-order chi connectivity index (χ0) is 16.7. The lowest BCUT2D eigenvalue weighted by molar-refractivity contribution is -0.150. The first-order chi connectivity index (χ1) is 11.7. The van der Waals surface area contributed by atoms with Crippen molar-refractivity contribution in [3.8, 4) is 11.1 Å². The van der Waals surface area contributed by atoms with Crippen LogP contribution in [0.15, 0.2) is 47.3 Å². The molecular formula is C20H23NO3. The summed E-state index contributed by atoms with van der Waals surface area (Å²) < 4.78 is 10.3. The Morgan fingerprint density at radius 2 is 1.96 bits per heavy atom. The molecule has 126 valence electrons. The molecule has 4 rings (SSSR count). The molecule has 0 saturated carbocycles. The second-order valence-electron chi connectivity index (χ2n) is 6.99. The number of hydrogen-bond acceptors (Lipinski definition) is 4. The van der Waals surface area contributed by atoms with Gasteiger partial charge in [-0.2, -0.15) is 0 Å². The zero-order valence-electron chi connectivity index (χ0n) is 14.1. The standard InChI is InChI=1S/C20H23NO3/c1-21-16-7-8-18(21)19(20(22)23-2)17(11-16)14-5-3-13(4-6-14)15-9-10-24-12-15/h3-6,9-10,12,16-19H,7-8,11H2,1-2H3/t16-,17+,18+,19-/m0/s1/i2-1. The maximum absolute atomic E-state index is 12.5. The largest absolute Gasteiger partial charge is 0.472 e. The monoisotopic (exact) mass is 324 g/mol.